The number of thioether (sulfide) groups is 1. The molecule has 3 rings (SSSR count). The van der Waals surface area contributed by atoms with Crippen LogP contribution in [0.5, 0.6) is 0 Å². The van der Waals surface area contributed by atoms with E-state index in [0.29, 0.717) is 6.54 Å². The Kier molecular flexibility index (Phi) is 3.66. The second kappa shape index (κ2) is 5.28. The van der Waals surface area contributed by atoms with Crippen molar-refractivity contribution in [3.63, 3.8) is 0 Å². The molecule has 19 heavy (non-hydrogen) atoms. The fourth-order valence-corrected chi connectivity index (χ4v) is 5.68. The van der Waals surface area contributed by atoms with E-state index in [9.17, 15) is 8.42 Å². The first-order valence-corrected chi connectivity index (χ1v) is 9.19. The highest BCUT2D eigenvalue weighted by molar-refractivity contribution is 7.99. The first-order valence-electron chi connectivity index (χ1n) is 5.72. The standard InChI is InChI=1S/C11H12N2O3S3/c14-19(15,10-2-1-5-16-10)13-4-7-17-8-9(13)11-12-3-6-18-11/h1-3,5-6,9H,4,7-8H2/t9-/m1/s1. The molecule has 1 aliphatic rings. The molecule has 0 amide bonds. The van der Waals surface area contributed by atoms with Crippen LogP contribution in [-0.2, 0) is 10.0 Å². The Morgan fingerprint density at radius 2 is 2.37 bits per heavy atom. The Morgan fingerprint density at radius 1 is 1.47 bits per heavy atom. The van der Waals surface area contributed by atoms with Crippen LogP contribution < -0.4 is 0 Å². The van der Waals surface area contributed by atoms with Gasteiger partial charge in [0.15, 0.2) is 0 Å². The summed E-state index contributed by atoms with van der Waals surface area (Å²) in [6.45, 7) is 0.484. The molecule has 0 spiro atoms. The third kappa shape index (κ3) is 2.45. The van der Waals surface area contributed by atoms with E-state index in [0.717, 1.165) is 16.5 Å². The number of hydrogen-bond acceptors (Lipinski definition) is 6. The molecule has 0 N–H and O–H groups in total. The lowest BCUT2D eigenvalue weighted by molar-refractivity contribution is 0.337. The first-order chi connectivity index (χ1) is 9.19. The lowest BCUT2D eigenvalue weighted by Gasteiger charge is -2.32. The van der Waals surface area contributed by atoms with E-state index in [1.165, 1.54) is 28.0 Å². The minimum Gasteiger partial charge on any atom is -0.452 e. The van der Waals surface area contributed by atoms with Gasteiger partial charge in [-0.2, -0.15) is 16.1 Å². The molecule has 102 valence electrons. The SMILES string of the molecule is O=S(=O)(c1ccco1)N1CCSC[C@@H]1c1nccs1. The lowest BCUT2D eigenvalue weighted by Crippen LogP contribution is -2.40. The maximum atomic E-state index is 12.6. The molecule has 0 radical (unpaired) electrons. The van der Waals surface area contributed by atoms with Crippen LogP contribution in [0, 0.1) is 0 Å². The number of sulfonamides is 1. The van der Waals surface area contributed by atoms with Crippen LogP contribution in [0.15, 0.2) is 39.5 Å². The number of thiazole rings is 1. The molecule has 1 saturated heterocycles. The van der Waals surface area contributed by atoms with Crippen molar-refractivity contribution in [1.29, 1.82) is 0 Å². The van der Waals surface area contributed by atoms with Crippen molar-refractivity contribution in [2.24, 2.45) is 0 Å². The maximum Gasteiger partial charge on any atom is 0.277 e. The quantitative estimate of drug-likeness (QED) is 0.869. The lowest BCUT2D eigenvalue weighted by atomic mass is 10.3. The molecule has 1 atom stereocenters. The third-order valence-corrected chi connectivity index (χ3v) is 6.57. The van der Waals surface area contributed by atoms with Crippen LogP contribution in [0.25, 0.3) is 0 Å². The molecule has 0 unspecified atom stereocenters. The summed E-state index contributed by atoms with van der Waals surface area (Å²) in [5.41, 5.74) is 0. The Morgan fingerprint density at radius 3 is 3.05 bits per heavy atom. The molecule has 2 aromatic rings. The molecule has 1 fully saturated rings. The topological polar surface area (TPSA) is 63.4 Å². The summed E-state index contributed by atoms with van der Waals surface area (Å²) in [5, 5.41) is 2.70. The largest absolute Gasteiger partial charge is 0.452 e. The number of nitrogens with zero attached hydrogens (tertiary/aromatic N) is 2. The fraction of sp³-hybridized carbons (Fsp3) is 0.364. The van der Waals surface area contributed by atoms with Gasteiger partial charge in [-0.3, -0.25) is 0 Å². The summed E-state index contributed by atoms with van der Waals surface area (Å²) in [5.74, 6) is 1.52. The van der Waals surface area contributed by atoms with Crippen LogP contribution >= 0.6 is 23.1 Å². The summed E-state index contributed by atoms with van der Waals surface area (Å²) >= 11 is 3.23. The average molecular weight is 316 g/mol. The summed E-state index contributed by atoms with van der Waals surface area (Å²) in [7, 11) is -3.57. The maximum absolute atomic E-state index is 12.6. The van der Waals surface area contributed by atoms with E-state index in [1.54, 1.807) is 24.0 Å². The van der Waals surface area contributed by atoms with E-state index in [1.807, 2.05) is 5.38 Å². The number of furan rings is 1. The van der Waals surface area contributed by atoms with Crippen molar-refractivity contribution >= 4 is 33.1 Å². The van der Waals surface area contributed by atoms with Gasteiger partial charge in [-0.15, -0.1) is 11.3 Å². The smallest absolute Gasteiger partial charge is 0.277 e. The van der Waals surface area contributed by atoms with Gasteiger partial charge in [-0.25, -0.2) is 13.4 Å². The number of hydrogen-bond donors (Lipinski definition) is 0. The zero-order chi connectivity index (χ0) is 13.3. The van der Waals surface area contributed by atoms with Crippen molar-refractivity contribution in [2.75, 3.05) is 18.1 Å². The van der Waals surface area contributed by atoms with Crippen molar-refractivity contribution in [3.05, 3.63) is 35.0 Å². The second-order valence-electron chi connectivity index (χ2n) is 4.01. The Hall–Kier alpha value is -0.830. The minimum atomic E-state index is -3.57. The van der Waals surface area contributed by atoms with Gasteiger partial charge in [0, 0.05) is 29.6 Å². The van der Waals surface area contributed by atoms with Crippen LogP contribution in [0.4, 0.5) is 0 Å². The molecule has 2 aromatic heterocycles. The van der Waals surface area contributed by atoms with Gasteiger partial charge in [0.05, 0.1) is 12.3 Å². The molecular weight excluding hydrogens is 304 g/mol. The molecule has 0 aliphatic carbocycles. The van der Waals surface area contributed by atoms with E-state index >= 15 is 0 Å². The first kappa shape index (κ1) is 13.2. The van der Waals surface area contributed by atoms with Crippen LogP contribution in [0.1, 0.15) is 11.0 Å². The number of rotatable bonds is 3. The van der Waals surface area contributed by atoms with Gasteiger partial charge in [-0.1, -0.05) is 0 Å². The van der Waals surface area contributed by atoms with Gasteiger partial charge in [-0.05, 0) is 12.1 Å². The van der Waals surface area contributed by atoms with Crippen molar-refractivity contribution < 1.29 is 12.8 Å². The molecule has 0 bridgehead atoms. The van der Waals surface area contributed by atoms with Gasteiger partial charge in [0.2, 0.25) is 5.09 Å². The van der Waals surface area contributed by atoms with Gasteiger partial charge in [0.25, 0.3) is 10.0 Å². The van der Waals surface area contributed by atoms with Crippen molar-refractivity contribution in [3.8, 4) is 0 Å². The molecule has 0 saturated carbocycles. The van der Waals surface area contributed by atoms with Gasteiger partial charge >= 0.3 is 0 Å². The monoisotopic (exact) mass is 316 g/mol. The molecule has 0 aromatic carbocycles. The highest BCUT2D eigenvalue weighted by Crippen LogP contribution is 2.34. The molecule has 5 nitrogen and oxygen atoms in total. The molecule has 1 aliphatic heterocycles. The Bertz CT molecular complexity index is 622. The van der Waals surface area contributed by atoms with Crippen molar-refractivity contribution in [1.82, 2.24) is 9.29 Å². The average Bonchev–Trinajstić information content (AvgIpc) is 3.12. The third-order valence-electron chi connectivity index (χ3n) is 2.87. The minimum absolute atomic E-state index is 0.000885. The molecular formula is C11H12N2O3S3. The molecule has 8 heteroatoms. The highest BCUT2D eigenvalue weighted by atomic mass is 32.2. The van der Waals surface area contributed by atoms with E-state index in [4.69, 9.17) is 4.42 Å². The van der Waals surface area contributed by atoms with Crippen LogP contribution in [-0.4, -0.2) is 35.8 Å². The number of aromatic nitrogens is 1. The van der Waals surface area contributed by atoms with E-state index in [-0.39, 0.29) is 11.1 Å². The second-order valence-corrected chi connectivity index (χ2v) is 7.91. The highest BCUT2D eigenvalue weighted by Gasteiger charge is 2.37. The summed E-state index contributed by atoms with van der Waals surface area (Å²) < 4.78 is 31.7. The van der Waals surface area contributed by atoms with Gasteiger partial charge < -0.3 is 4.42 Å². The Labute approximate surface area is 119 Å². The zero-order valence-electron chi connectivity index (χ0n) is 9.93. The normalized spacial score (nSPS) is 21.6. The summed E-state index contributed by atoms with van der Waals surface area (Å²) in [4.78, 5) is 4.25. The fourth-order valence-electron chi connectivity index (χ4n) is 2.00. The summed E-state index contributed by atoms with van der Waals surface area (Å²) in [6, 6.07) is 2.87. The van der Waals surface area contributed by atoms with E-state index < -0.39 is 10.0 Å². The Balaban J connectivity index is 1.97. The van der Waals surface area contributed by atoms with Crippen LogP contribution in [0.3, 0.4) is 0 Å². The van der Waals surface area contributed by atoms with Crippen LogP contribution in [0.2, 0.25) is 0 Å². The molecule has 3 heterocycles. The predicted molar refractivity (Wildman–Crippen MR) is 74.8 cm³/mol. The van der Waals surface area contributed by atoms with Gasteiger partial charge in [0.1, 0.15) is 5.01 Å². The summed E-state index contributed by atoms with van der Waals surface area (Å²) in [6.07, 6.45) is 3.08. The van der Waals surface area contributed by atoms with E-state index in [2.05, 4.69) is 4.98 Å². The zero-order valence-corrected chi connectivity index (χ0v) is 12.4. The predicted octanol–water partition coefficient (Wildman–Crippen LogP) is 2.21. The van der Waals surface area contributed by atoms with Crippen molar-refractivity contribution in [2.45, 2.75) is 11.1 Å².